The number of aromatic nitrogens is 1. The molecule has 1 fully saturated rings. The molecule has 1 N–H and O–H groups in total. The zero-order valence-corrected chi connectivity index (χ0v) is 16.5. The van der Waals surface area contributed by atoms with Gasteiger partial charge in [0.05, 0.1) is 18.2 Å². The molecule has 29 heavy (non-hydrogen) atoms. The summed E-state index contributed by atoms with van der Waals surface area (Å²) in [6, 6.07) is 8.23. The highest BCUT2D eigenvalue weighted by Gasteiger charge is 2.46. The first kappa shape index (κ1) is 19.1. The summed E-state index contributed by atoms with van der Waals surface area (Å²) < 4.78 is 5.52. The van der Waals surface area contributed by atoms with Crippen LogP contribution in [0.15, 0.2) is 48.3 Å². The first-order chi connectivity index (χ1) is 14.0. The van der Waals surface area contributed by atoms with Gasteiger partial charge in [0.15, 0.2) is 0 Å². The molecule has 0 spiro atoms. The molecular weight excluding hydrogens is 370 g/mol. The number of ether oxygens (including phenoxy) is 1. The lowest BCUT2D eigenvalue weighted by Crippen LogP contribution is -2.35. The zero-order valence-electron chi connectivity index (χ0n) is 16.5. The number of amides is 1. The third kappa shape index (κ3) is 3.49. The number of hydrogen-bond acceptors (Lipinski definition) is 6. The van der Waals surface area contributed by atoms with E-state index in [0.29, 0.717) is 30.8 Å². The molecule has 1 unspecified atom stereocenters. The van der Waals surface area contributed by atoms with Crippen molar-refractivity contribution in [2.24, 2.45) is 0 Å². The monoisotopic (exact) mass is 393 g/mol. The lowest BCUT2D eigenvalue weighted by molar-refractivity contribution is -0.140. The predicted molar refractivity (Wildman–Crippen MR) is 107 cm³/mol. The number of carbonyl (C=O) groups is 2. The van der Waals surface area contributed by atoms with E-state index in [0.717, 1.165) is 17.7 Å². The number of Topliss-reactive ketones (excluding diaryl/α,β-unsaturated/α-hetero) is 1. The van der Waals surface area contributed by atoms with Crippen molar-refractivity contribution < 1.29 is 19.4 Å². The SMILES string of the molecule is CN(C)CCN1C(=O)C(=O)/C(=C(\O)c2ccc3c(c2)CCO3)C1c1cccnc1. The molecule has 2 aliphatic rings. The maximum absolute atomic E-state index is 12.9. The molecule has 0 bridgehead atoms. The first-order valence-corrected chi connectivity index (χ1v) is 9.56. The van der Waals surface area contributed by atoms with Crippen LogP contribution >= 0.6 is 0 Å². The van der Waals surface area contributed by atoms with Gasteiger partial charge in [0.2, 0.25) is 0 Å². The lowest BCUT2D eigenvalue weighted by Gasteiger charge is -2.26. The standard InChI is InChI=1S/C22H23N3O4/c1-24(2)9-10-25-19(16-4-3-8-23-13-16)18(21(27)22(25)28)20(26)15-5-6-17-14(12-15)7-11-29-17/h3-6,8,12-13,19,26H,7,9-11H2,1-2H3/b20-18-. The fourth-order valence-electron chi connectivity index (χ4n) is 3.79. The average Bonchev–Trinajstić information content (AvgIpc) is 3.29. The second-order valence-electron chi connectivity index (χ2n) is 7.50. The predicted octanol–water partition coefficient (Wildman–Crippen LogP) is 2.00. The Kier molecular flexibility index (Phi) is 5.07. The molecule has 2 aliphatic heterocycles. The Labute approximate surface area is 169 Å². The van der Waals surface area contributed by atoms with E-state index in [-0.39, 0.29) is 11.3 Å². The minimum Gasteiger partial charge on any atom is -0.507 e. The summed E-state index contributed by atoms with van der Waals surface area (Å²) >= 11 is 0. The van der Waals surface area contributed by atoms with Crippen LogP contribution in [0.3, 0.4) is 0 Å². The Morgan fingerprint density at radius 2 is 2.14 bits per heavy atom. The van der Waals surface area contributed by atoms with E-state index in [1.165, 1.54) is 4.90 Å². The highest BCUT2D eigenvalue weighted by atomic mass is 16.5. The largest absolute Gasteiger partial charge is 0.507 e. The topological polar surface area (TPSA) is 83.0 Å². The molecule has 1 atom stereocenters. The smallest absolute Gasteiger partial charge is 0.295 e. The minimum absolute atomic E-state index is 0.0978. The minimum atomic E-state index is -0.674. The molecule has 1 amide bonds. The Balaban J connectivity index is 1.81. The second kappa shape index (κ2) is 7.67. The lowest BCUT2D eigenvalue weighted by atomic mass is 9.95. The summed E-state index contributed by atoms with van der Waals surface area (Å²) in [7, 11) is 3.81. The third-order valence-corrected chi connectivity index (χ3v) is 5.29. The molecule has 7 nitrogen and oxygen atoms in total. The van der Waals surface area contributed by atoms with Crippen LogP contribution in [0.5, 0.6) is 5.75 Å². The summed E-state index contributed by atoms with van der Waals surface area (Å²) in [5.74, 6) is -0.658. The fraction of sp³-hybridized carbons (Fsp3) is 0.318. The average molecular weight is 393 g/mol. The molecule has 0 radical (unpaired) electrons. The maximum atomic E-state index is 12.9. The number of aliphatic hydroxyl groups excluding tert-OH is 1. The van der Waals surface area contributed by atoms with Gasteiger partial charge in [-0.15, -0.1) is 0 Å². The van der Waals surface area contributed by atoms with Gasteiger partial charge >= 0.3 is 0 Å². The summed E-state index contributed by atoms with van der Waals surface area (Å²) in [5.41, 5.74) is 2.28. The highest BCUT2D eigenvalue weighted by Crippen LogP contribution is 2.39. The molecular formula is C22H23N3O4. The van der Waals surface area contributed by atoms with Crippen LogP contribution in [-0.2, 0) is 16.0 Å². The van der Waals surface area contributed by atoms with Crippen LogP contribution in [0.2, 0.25) is 0 Å². The van der Waals surface area contributed by atoms with Crippen molar-refractivity contribution in [3.05, 3.63) is 65.0 Å². The van der Waals surface area contributed by atoms with Gasteiger partial charge in [-0.2, -0.15) is 0 Å². The summed E-state index contributed by atoms with van der Waals surface area (Å²) in [6.07, 6.45) is 4.01. The number of hydrogen-bond donors (Lipinski definition) is 1. The van der Waals surface area contributed by atoms with E-state index in [1.807, 2.05) is 31.1 Å². The number of fused-ring (bicyclic) bond motifs is 1. The molecule has 150 valence electrons. The van der Waals surface area contributed by atoms with Crippen molar-refractivity contribution in [2.75, 3.05) is 33.8 Å². The maximum Gasteiger partial charge on any atom is 0.295 e. The second-order valence-corrected chi connectivity index (χ2v) is 7.50. The molecule has 3 heterocycles. The van der Waals surface area contributed by atoms with Gasteiger partial charge in [-0.1, -0.05) is 6.07 Å². The Morgan fingerprint density at radius 1 is 1.31 bits per heavy atom. The highest BCUT2D eigenvalue weighted by molar-refractivity contribution is 6.46. The van der Waals surface area contributed by atoms with Gasteiger partial charge in [-0.05, 0) is 49.5 Å². The Hall–Kier alpha value is -3.19. The first-order valence-electron chi connectivity index (χ1n) is 9.56. The number of aliphatic hydroxyl groups is 1. The molecule has 1 aromatic carbocycles. The molecule has 0 saturated carbocycles. The number of nitrogens with zero attached hydrogens (tertiary/aromatic N) is 3. The number of ketones is 1. The van der Waals surface area contributed by atoms with Gasteiger partial charge < -0.3 is 19.6 Å². The van der Waals surface area contributed by atoms with Crippen molar-refractivity contribution in [2.45, 2.75) is 12.5 Å². The molecule has 1 saturated heterocycles. The number of likely N-dealkylation sites (tertiary alicyclic amines) is 1. The van der Waals surface area contributed by atoms with Gasteiger partial charge in [-0.25, -0.2) is 0 Å². The Bertz CT molecular complexity index is 985. The van der Waals surface area contributed by atoms with Gasteiger partial charge in [0, 0.05) is 37.5 Å². The van der Waals surface area contributed by atoms with Crippen molar-refractivity contribution >= 4 is 17.4 Å². The molecule has 2 aromatic rings. The van der Waals surface area contributed by atoms with Crippen molar-refractivity contribution in [3.8, 4) is 5.75 Å². The van der Waals surface area contributed by atoms with Gasteiger partial charge in [0.25, 0.3) is 11.7 Å². The molecule has 0 aliphatic carbocycles. The summed E-state index contributed by atoms with van der Waals surface area (Å²) in [5, 5.41) is 11.1. The van der Waals surface area contributed by atoms with Crippen molar-refractivity contribution in [3.63, 3.8) is 0 Å². The van der Waals surface area contributed by atoms with E-state index in [4.69, 9.17) is 4.74 Å². The van der Waals surface area contributed by atoms with Crippen LogP contribution in [0, 0.1) is 0 Å². The molecule has 7 heteroatoms. The van der Waals surface area contributed by atoms with E-state index in [9.17, 15) is 14.7 Å². The van der Waals surface area contributed by atoms with Crippen LogP contribution in [-0.4, -0.2) is 65.4 Å². The summed E-state index contributed by atoms with van der Waals surface area (Å²) in [6.45, 7) is 1.57. The van der Waals surface area contributed by atoms with Crippen molar-refractivity contribution in [1.82, 2.24) is 14.8 Å². The van der Waals surface area contributed by atoms with Gasteiger partial charge in [0.1, 0.15) is 11.5 Å². The number of rotatable bonds is 5. The van der Waals surface area contributed by atoms with E-state index >= 15 is 0 Å². The molecule has 1 aromatic heterocycles. The van der Waals surface area contributed by atoms with Crippen LogP contribution in [0.1, 0.15) is 22.7 Å². The quantitative estimate of drug-likeness (QED) is 0.475. The van der Waals surface area contributed by atoms with E-state index in [1.54, 1.807) is 30.6 Å². The molecule has 4 rings (SSSR count). The number of pyridine rings is 1. The number of carbonyl (C=O) groups excluding carboxylic acids is 2. The van der Waals surface area contributed by atoms with Crippen LogP contribution in [0.25, 0.3) is 5.76 Å². The van der Waals surface area contributed by atoms with E-state index < -0.39 is 17.7 Å². The third-order valence-electron chi connectivity index (χ3n) is 5.29. The number of benzene rings is 1. The van der Waals surface area contributed by atoms with Crippen LogP contribution in [0.4, 0.5) is 0 Å². The number of likely N-dealkylation sites (N-methyl/N-ethyl adjacent to an activating group) is 1. The van der Waals surface area contributed by atoms with Crippen LogP contribution < -0.4 is 4.74 Å². The zero-order chi connectivity index (χ0) is 20.5. The summed E-state index contributed by atoms with van der Waals surface area (Å²) in [4.78, 5) is 33.3. The van der Waals surface area contributed by atoms with Crippen molar-refractivity contribution in [1.29, 1.82) is 0 Å². The van der Waals surface area contributed by atoms with Gasteiger partial charge in [-0.3, -0.25) is 14.6 Å². The normalized spacial score (nSPS) is 20.2. The fourth-order valence-corrected chi connectivity index (χ4v) is 3.79. The van der Waals surface area contributed by atoms with E-state index in [2.05, 4.69) is 4.98 Å². The Morgan fingerprint density at radius 3 is 2.86 bits per heavy atom.